The van der Waals surface area contributed by atoms with Crippen LogP contribution in [0.4, 0.5) is 8.78 Å². The lowest BCUT2D eigenvalue weighted by atomic mass is 10.2. The molecule has 0 amide bonds. The summed E-state index contributed by atoms with van der Waals surface area (Å²) in [6.07, 6.45) is 0. The molecule has 0 aliphatic heterocycles. The molecule has 78 valence electrons. The predicted molar refractivity (Wildman–Crippen MR) is 55.7 cm³/mol. The van der Waals surface area contributed by atoms with Gasteiger partial charge in [0.25, 0.3) is 0 Å². The molecule has 0 spiro atoms. The van der Waals surface area contributed by atoms with Gasteiger partial charge in [-0.3, -0.25) is 0 Å². The number of ether oxygens (including phenoxy) is 1. The Bertz CT molecular complexity index is 333. The van der Waals surface area contributed by atoms with Gasteiger partial charge in [-0.05, 0) is 17.7 Å². The van der Waals surface area contributed by atoms with Gasteiger partial charge < -0.3 is 4.74 Å². The van der Waals surface area contributed by atoms with Crippen molar-refractivity contribution >= 4 is 39.1 Å². The highest BCUT2D eigenvalue weighted by molar-refractivity contribution is 9.08. The number of rotatable bonds is 3. The van der Waals surface area contributed by atoms with E-state index in [0.29, 0.717) is 5.33 Å². The quantitative estimate of drug-likeness (QED) is 0.748. The molecule has 1 nitrogen and oxygen atoms in total. The third-order valence-corrected chi connectivity index (χ3v) is 2.86. The normalized spacial score (nSPS) is 10.7. The van der Waals surface area contributed by atoms with E-state index in [1.54, 1.807) is 6.07 Å². The van der Waals surface area contributed by atoms with E-state index in [0.717, 1.165) is 5.56 Å². The Kier molecular flexibility index (Phi) is 4.41. The average molecular weight is 306 g/mol. The van der Waals surface area contributed by atoms with Gasteiger partial charge in [-0.15, -0.1) is 0 Å². The predicted octanol–water partition coefficient (Wildman–Crippen LogP) is 4.49. The largest absolute Gasteiger partial charge is 0.433 e. The van der Waals surface area contributed by atoms with Gasteiger partial charge in [-0.1, -0.05) is 39.1 Å². The van der Waals surface area contributed by atoms with E-state index in [-0.39, 0.29) is 15.8 Å². The lowest BCUT2D eigenvalue weighted by Crippen LogP contribution is -2.03. The van der Waals surface area contributed by atoms with Crippen molar-refractivity contribution in [3.63, 3.8) is 0 Å². The molecule has 0 N–H and O–H groups in total. The van der Waals surface area contributed by atoms with E-state index in [1.807, 2.05) is 0 Å². The van der Waals surface area contributed by atoms with E-state index in [2.05, 4.69) is 20.7 Å². The van der Waals surface area contributed by atoms with E-state index in [1.165, 1.54) is 6.07 Å². The molecule has 0 radical (unpaired) electrons. The number of benzene rings is 1. The molecule has 1 aromatic rings. The highest BCUT2D eigenvalue weighted by atomic mass is 79.9. The van der Waals surface area contributed by atoms with Crippen LogP contribution in [0.1, 0.15) is 5.56 Å². The van der Waals surface area contributed by atoms with Crippen molar-refractivity contribution < 1.29 is 13.5 Å². The van der Waals surface area contributed by atoms with Crippen molar-refractivity contribution in [2.75, 3.05) is 0 Å². The zero-order valence-electron chi connectivity index (χ0n) is 6.74. The van der Waals surface area contributed by atoms with Crippen LogP contribution in [0, 0.1) is 0 Å². The van der Waals surface area contributed by atoms with Gasteiger partial charge >= 0.3 is 6.61 Å². The summed E-state index contributed by atoms with van der Waals surface area (Å²) >= 11 is 14.5. The molecule has 14 heavy (non-hydrogen) atoms. The summed E-state index contributed by atoms with van der Waals surface area (Å²) in [5, 5.41) is 0.680. The second-order valence-corrected chi connectivity index (χ2v) is 3.75. The zero-order valence-corrected chi connectivity index (χ0v) is 9.84. The van der Waals surface area contributed by atoms with Crippen LogP contribution in [-0.2, 0) is 5.33 Å². The summed E-state index contributed by atoms with van der Waals surface area (Å²) in [6, 6.07) is 2.99. The van der Waals surface area contributed by atoms with Crippen molar-refractivity contribution in [2.45, 2.75) is 11.9 Å². The maximum Gasteiger partial charge on any atom is 0.387 e. The monoisotopic (exact) mass is 304 g/mol. The highest BCUT2D eigenvalue weighted by Gasteiger charge is 2.12. The molecule has 6 heteroatoms. The smallest absolute Gasteiger partial charge is 0.387 e. The van der Waals surface area contributed by atoms with Gasteiger partial charge in [-0.2, -0.15) is 8.78 Å². The van der Waals surface area contributed by atoms with E-state index >= 15 is 0 Å². The molecule has 0 unspecified atom stereocenters. The fourth-order valence-corrected chi connectivity index (χ4v) is 1.59. The van der Waals surface area contributed by atoms with Crippen LogP contribution < -0.4 is 4.74 Å². The van der Waals surface area contributed by atoms with Crippen molar-refractivity contribution in [1.82, 2.24) is 0 Å². The van der Waals surface area contributed by atoms with E-state index in [9.17, 15) is 8.78 Å². The van der Waals surface area contributed by atoms with Gasteiger partial charge in [0.15, 0.2) is 0 Å². The van der Waals surface area contributed by atoms with E-state index < -0.39 is 6.61 Å². The lowest BCUT2D eigenvalue weighted by molar-refractivity contribution is -0.0498. The molecular formula is C8H5BrCl2F2O. The molecule has 0 atom stereocenters. The molecule has 1 rings (SSSR count). The van der Waals surface area contributed by atoms with Crippen LogP contribution in [0.2, 0.25) is 10.0 Å². The topological polar surface area (TPSA) is 9.23 Å². The van der Waals surface area contributed by atoms with Gasteiger partial charge in [-0.25, -0.2) is 0 Å². The Labute approximate surface area is 98.1 Å². The Balaban J connectivity index is 3.07. The van der Waals surface area contributed by atoms with Crippen LogP contribution in [-0.4, -0.2) is 6.61 Å². The molecular weight excluding hydrogens is 301 g/mol. The lowest BCUT2D eigenvalue weighted by Gasteiger charge is -2.09. The SMILES string of the molecule is FC(F)Oc1cc(CBr)cc(Cl)c1Cl. The van der Waals surface area contributed by atoms with Crippen LogP contribution >= 0.6 is 39.1 Å². The first kappa shape index (κ1) is 12.0. The summed E-state index contributed by atoms with van der Waals surface area (Å²) in [5.74, 6) is -0.108. The van der Waals surface area contributed by atoms with Crippen LogP contribution in [0.25, 0.3) is 0 Å². The molecule has 0 aliphatic carbocycles. The third kappa shape index (κ3) is 2.97. The Hall–Kier alpha value is -0.0600. The summed E-state index contributed by atoms with van der Waals surface area (Å²) in [7, 11) is 0. The average Bonchev–Trinajstić information content (AvgIpc) is 2.11. The molecule has 0 saturated carbocycles. The summed E-state index contributed by atoms with van der Waals surface area (Å²) in [5.41, 5.74) is 0.718. The second kappa shape index (κ2) is 5.14. The van der Waals surface area contributed by atoms with Gasteiger partial charge in [0, 0.05) is 5.33 Å². The summed E-state index contributed by atoms with van der Waals surface area (Å²) < 4.78 is 28.1. The molecule has 1 aromatic carbocycles. The van der Waals surface area contributed by atoms with Crippen LogP contribution in [0.3, 0.4) is 0 Å². The molecule has 0 bridgehead atoms. The van der Waals surface area contributed by atoms with Crippen molar-refractivity contribution in [3.8, 4) is 5.75 Å². The first-order chi connectivity index (χ1) is 6.54. The Morgan fingerprint density at radius 3 is 2.50 bits per heavy atom. The maximum absolute atomic E-state index is 11.9. The molecule has 0 aromatic heterocycles. The summed E-state index contributed by atoms with van der Waals surface area (Å²) in [6.45, 7) is -2.91. The minimum atomic E-state index is -2.91. The van der Waals surface area contributed by atoms with E-state index in [4.69, 9.17) is 23.2 Å². The van der Waals surface area contributed by atoms with Gasteiger partial charge in [0.05, 0.1) is 5.02 Å². The van der Waals surface area contributed by atoms with Gasteiger partial charge in [0.2, 0.25) is 0 Å². The third-order valence-electron chi connectivity index (χ3n) is 1.42. The molecule has 0 fully saturated rings. The first-order valence-corrected chi connectivity index (χ1v) is 5.41. The summed E-state index contributed by atoms with van der Waals surface area (Å²) in [4.78, 5) is 0. The zero-order chi connectivity index (χ0) is 10.7. The standard InChI is InChI=1S/C8H5BrCl2F2O/c9-3-4-1-5(10)7(11)6(2-4)14-8(12)13/h1-2,8H,3H2. The Morgan fingerprint density at radius 1 is 1.36 bits per heavy atom. The van der Waals surface area contributed by atoms with Crippen LogP contribution in [0.5, 0.6) is 5.75 Å². The molecule has 0 saturated heterocycles. The number of alkyl halides is 3. The highest BCUT2D eigenvalue weighted by Crippen LogP contribution is 2.34. The Morgan fingerprint density at radius 2 is 2.00 bits per heavy atom. The van der Waals surface area contributed by atoms with Crippen molar-refractivity contribution in [2.24, 2.45) is 0 Å². The first-order valence-electron chi connectivity index (χ1n) is 3.53. The van der Waals surface area contributed by atoms with Gasteiger partial charge in [0.1, 0.15) is 10.8 Å². The van der Waals surface area contributed by atoms with Crippen LogP contribution in [0.15, 0.2) is 12.1 Å². The fraction of sp³-hybridized carbons (Fsp3) is 0.250. The minimum absolute atomic E-state index is 0.00309. The molecule has 0 heterocycles. The van der Waals surface area contributed by atoms with Crippen molar-refractivity contribution in [3.05, 3.63) is 27.7 Å². The maximum atomic E-state index is 11.9. The number of hydrogen-bond donors (Lipinski definition) is 0. The van der Waals surface area contributed by atoms with Crippen molar-refractivity contribution in [1.29, 1.82) is 0 Å². The number of halogens is 5. The molecule has 0 aliphatic rings. The number of hydrogen-bond acceptors (Lipinski definition) is 1. The fourth-order valence-electron chi connectivity index (χ4n) is 0.876. The minimum Gasteiger partial charge on any atom is -0.433 e. The second-order valence-electron chi connectivity index (χ2n) is 2.40.